The third-order valence-corrected chi connectivity index (χ3v) is 3.61. The van der Waals surface area contributed by atoms with Crippen molar-refractivity contribution in [2.75, 3.05) is 11.1 Å². The maximum atomic E-state index is 5.96. The van der Waals surface area contributed by atoms with Crippen molar-refractivity contribution in [3.63, 3.8) is 0 Å². The normalized spacial score (nSPS) is 10.7. The Bertz CT molecular complexity index is 703. The van der Waals surface area contributed by atoms with E-state index in [2.05, 4.69) is 23.3 Å². The van der Waals surface area contributed by atoms with Crippen molar-refractivity contribution in [1.82, 2.24) is 4.98 Å². The molecule has 0 aliphatic rings. The molecule has 0 amide bonds. The first-order chi connectivity index (χ1) is 8.72. The van der Waals surface area contributed by atoms with Gasteiger partial charge in [-0.3, -0.25) is 0 Å². The van der Waals surface area contributed by atoms with Crippen LogP contribution >= 0.6 is 11.3 Å². The minimum atomic E-state index is 0.755. The lowest BCUT2D eigenvalue weighted by molar-refractivity contribution is 1.45. The van der Waals surface area contributed by atoms with Gasteiger partial charge in [0.25, 0.3) is 0 Å². The molecule has 90 valence electrons. The summed E-state index contributed by atoms with van der Waals surface area (Å²) in [5.41, 5.74) is 12.8. The fourth-order valence-electron chi connectivity index (χ4n) is 1.87. The van der Waals surface area contributed by atoms with E-state index in [4.69, 9.17) is 5.73 Å². The lowest BCUT2D eigenvalue weighted by Gasteiger charge is -2.10. The third-order valence-electron chi connectivity index (χ3n) is 2.82. The van der Waals surface area contributed by atoms with Crippen LogP contribution in [-0.2, 0) is 0 Å². The molecule has 0 radical (unpaired) electrons. The Labute approximate surface area is 109 Å². The molecule has 0 spiro atoms. The molecule has 3 rings (SSSR count). The number of fused-ring (bicyclic) bond motifs is 1. The molecule has 2 aromatic carbocycles. The summed E-state index contributed by atoms with van der Waals surface area (Å²) in [7, 11) is 0. The predicted molar refractivity (Wildman–Crippen MR) is 78.5 cm³/mol. The number of hydrogen-bond donors (Lipinski definition) is 2. The second-order valence-electron chi connectivity index (χ2n) is 4.25. The first-order valence-electron chi connectivity index (χ1n) is 5.69. The minimum absolute atomic E-state index is 0.755. The number of thiazole rings is 1. The van der Waals surface area contributed by atoms with Crippen LogP contribution in [0.2, 0.25) is 0 Å². The van der Waals surface area contributed by atoms with Crippen molar-refractivity contribution in [1.29, 1.82) is 0 Å². The third kappa shape index (κ3) is 2.02. The summed E-state index contributed by atoms with van der Waals surface area (Å²) in [6, 6.07) is 12.1. The summed E-state index contributed by atoms with van der Waals surface area (Å²) >= 11 is 1.64. The van der Waals surface area contributed by atoms with E-state index in [1.807, 2.05) is 35.8 Å². The number of nitrogens with zero attached hydrogens (tertiary/aromatic N) is 1. The summed E-state index contributed by atoms with van der Waals surface area (Å²) in [5, 5.41) is 3.35. The topological polar surface area (TPSA) is 50.9 Å². The SMILES string of the molecule is Cc1ccc(N)c(Nc2ccc3ncsc3c2)c1. The number of aromatic nitrogens is 1. The van der Waals surface area contributed by atoms with Crippen LogP contribution in [0, 0.1) is 6.92 Å². The van der Waals surface area contributed by atoms with E-state index in [0.717, 1.165) is 22.6 Å². The lowest BCUT2D eigenvalue weighted by Crippen LogP contribution is -1.96. The quantitative estimate of drug-likeness (QED) is 0.682. The molecule has 3 aromatic rings. The van der Waals surface area contributed by atoms with Gasteiger partial charge in [0.15, 0.2) is 0 Å². The van der Waals surface area contributed by atoms with Crippen LogP contribution in [0.5, 0.6) is 0 Å². The van der Waals surface area contributed by atoms with Crippen molar-refractivity contribution < 1.29 is 0 Å². The van der Waals surface area contributed by atoms with Crippen LogP contribution < -0.4 is 11.1 Å². The van der Waals surface area contributed by atoms with Crippen LogP contribution in [-0.4, -0.2) is 4.98 Å². The largest absolute Gasteiger partial charge is 0.397 e. The number of aryl methyl sites for hydroxylation is 1. The molecule has 0 fully saturated rings. The summed E-state index contributed by atoms with van der Waals surface area (Å²) in [5.74, 6) is 0. The highest BCUT2D eigenvalue weighted by molar-refractivity contribution is 7.16. The number of nitrogen functional groups attached to an aromatic ring is 1. The summed E-state index contributed by atoms with van der Waals surface area (Å²) in [4.78, 5) is 4.26. The molecule has 1 aromatic heterocycles. The average Bonchev–Trinajstić information content (AvgIpc) is 2.81. The maximum absolute atomic E-state index is 5.96. The number of rotatable bonds is 2. The van der Waals surface area contributed by atoms with E-state index in [1.54, 1.807) is 11.3 Å². The van der Waals surface area contributed by atoms with Gasteiger partial charge in [0.05, 0.1) is 27.1 Å². The van der Waals surface area contributed by atoms with Crippen LogP contribution in [0.4, 0.5) is 17.1 Å². The van der Waals surface area contributed by atoms with Gasteiger partial charge < -0.3 is 11.1 Å². The molecule has 0 unspecified atom stereocenters. The second-order valence-corrected chi connectivity index (χ2v) is 5.14. The average molecular weight is 255 g/mol. The minimum Gasteiger partial charge on any atom is -0.397 e. The fraction of sp³-hybridized carbons (Fsp3) is 0.0714. The van der Waals surface area contributed by atoms with Gasteiger partial charge in [0.2, 0.25) is 0 Å². The highest BCUT2D eigenvalue weighted by Crippen LogP contribution is 2.27. The Morgan fingerprint density at radius 1 is 1.17 bits per heavy atom. The van der Waals surface area contributed by atoms with Crippen molar-refractivity contribution in [2.24, 2.45) is 0 Å². The van der Waals surface area contributed by atoms with Gasteiger partial charge in [-0.05, 0) is 42.8 Å². The number of nitrogens with two attached hydrogens (primary N) is 1. The first kappa shape index (κ1) is 11.0. The van der Waals surface area contributed by atoms with Crippen molar-refractivity contribution in [2.45, 2.75) is 6.92 Å². The zero-order valence-electron chi connectivity index (χ0n) is 9.97. The monoisotopic (exact) mass is 255 g/mol. The smallest absolute Gasteiger partial charge is 0.0813 e. The lowest BCUT2D eigenvalue weighted by atomic mass is 10.2. The molecule has 3 N–H and O–H groups in total. The van der Waals surface area contributed by atoms with E-state index in [9.17, 15) is 0 Å². The van der Waals surface area contributed by atoms with Gasteiger partial charge in [-0.1, -0.05) is 6.07 Å². The molecule has 4 heteroatoms. The van der Waals surface area contributed by atoms with Crippen LogP contribution in [0.3, 0.4) is 0 Å². The number of nitrogens with one attached hydrogen (secondary N) is 1. The Morgan fingerprint density at radius 3 is 2.94 bits per heavy atom. The number of benzene rings is 2. The molecular formula is C14H13N3S. The summed E-state index contributed by atoms with van der Waals surface area (Å²) in [6.45, 7) is 2.05. The van der Waals surface area contributed by atoms with E-state index < -0.39 is 0 Å². The highest BCUT2D eigenvalue weighted by atomic mass is 32.1. The zero-order chi connectivity index (χ0) is 12.5. The Hall–Kier alpha value is -2.07. The van der Waals surface area contributed by atoms with E-state index in [0.29, 0.717) is 0 Å². The molecule has 0 saturated heterocycles. The predicted octanol–water partition coefficient (Wildman–Crippen LogP) is 3.93. The molecule has 1 heterocycles. The highest BCUT2D eigenvalue weighted by Gasteiger charge is 2.02. The zero-order valence-corrected chi connectivity index (χ0v) is 10.8. The summed E-state index contributed by atoms with van der Waals surface area (Å²) < 4.78 is 1.17. The molecule has 0 aliphatic heterocycles. The molecular weight excluding hydrogens is 242 g/mol. The van der Waals surface area contributed by atoms with Gasteiger partial charge >= 0.3 is 0 Å². The fourth-order valence-corrected chi connectivity index (χ4v) is 2.58. The Kier molecular flexibility index (Phi) is 2.64. The van der Waals surface area contributed by atoms with Crippen molar-refractivity contribution >= 4 is 38.6 Å². The van der Waals surface area contributed by atoms with Gasteiger partial charge in [-0.15, -0.1) is 11.3 Å². The standard InChI is InChI=1S/C14H13N3S/c1-9-2-4-11(15)13(6-9)17-10-3-5-12-14(7-10)18-8-16-12/h2-8,17H,15H2,1H3. The van der Waals surface area contributed by atoms with E-state index >= 15 is 0 Å². The molecule has 3 nitrogen and oxygen atoms in total. The van der Waals surface area contributed by atoms with Gasteiger partial charge in [-0.2, -0.15) is 0 Å². The number of anilines is 3. The molecule has 18 heavy (non-hydrogen) atoms. The first-order valence-corrected chi connectivity index (χ1v) is 6.57. The van der Waals surface area contributed by atoms with Crippen LogP contribution in [0.1, 0.15) is 5.56 Å². The second kappa shape index (κ2) is 4.31. The molecule has 0 saturated carbocycles. The maximum Gasteiger partial charge on any atom is 0.0813 e. The molecule has 0 bridgehead atoms. The van der Waals surface area contributed by atoms with E-state index in [-0.39, 0.29) is 0 Å². The Balaban J connectivity index is 1.97. The van der Waals surface area contributed by atoms with Crippen molar-refractivity contribution in [3.05, 3.63) is 47.5 Å². The van der Waals surface area contributed by atoms with Gasteiger partial charge in [0.1, 0.15) is 0 Å². The van der Waals surface area contributed by atoms with Gasteiger partial charge in [-0.25, -0.2) is 4.98 Å². The van der Waals surface area contributed by atoms with Crippen molar-refractivity contribution in [3.8, 4) is 0 Å². The summed E-state index contributed by atoms with van der Waals surface area (Å²) in [6.07, 6.45) is 0. The van der Waals surface area contributed by atoms with E-state index in [1.165, 1.54) is 10.3 Å². The molecule has 0 atom stereocenters. The molecule has 0 aliphatic carbocycles. The van der Waals surface area contributed by atoms with Crippen LogP contribution in [0.25, 0.3) is 10.2 Å². The van der Waals surface area contributed by atoms with Crippen LogP contribution in [0.15, 0.2) is 41.9 Å². The van der Waals surface area contributed by atoms with Gasteiger partial charge in [0, 0.05) is 5.69 Å². The number of hydrogen-bond acceptors (Lipinski definition) is 4. The Morgan fingerprint density at radius 2 is 2.06 bits per heavy atom.